The van der Waals surface area contributed by atoms with E-state index in [1.54, 1.807) is 6.07 Å². The third-order valence-electron chi connectivity index (χ3n) is 2.14. The van der Waals surface area contributed by atoms with Crippen molar-refractivity contribution < 1.29 is 4.39 Å². The van der Waals surface area contributed by atoms with Crippen molar-refractivity contribution in [1.29, 1.82) is 0 Å². The molecular weight excluding hydrogens is 177 g/mol. The molecule has 0 spiro atoms. The fraction of sp³-hybridized carbons (Fsp3) is 0.500. The lowest BCUT2D eigenvalue weighted by atomic mass is 10.1. The minimum absolute atomic E-state index is 0.135. The Hall–Kier alpha value is -1.05. The van der Waals surface area contributed by atoms with E-state index < -0.39 is 0 Å². The molecule has 0 aliphatic carbocycles. The van der Waals surface area contributed by atoms with E-state index in [0.717, 1.165) is 31.4 Å². The van der Waals surface area contributed by atoms with Gasteiger partial charge in [0.2, 0.25) is 0 Å². The Kier molecular flexibility index (Phi) is 4.44. The Balaban J connectivity index is 2.68. The molecule has 0 saturated heterocycles. The summed E-state index contributed by atoms with van der Waals surface area (Å²) in [6.45, 7) is 4.99. The summed E-state index contributed by atoms with van der Waals surface area (Å²) in [5.41, 5.74) is 1.69. The summed E-state index contributed by atoms with van der Waals surface area (Å²) in [5, 5.41) is 3.06. The van der Waals surface area contributed by atoms with Crippen LogP contribution in [0.3, 0.4) is 0 Å². The lowest BCUT2D eigenvalue weighted by molar-refractivity contribution is 0.627. The second kappa shape index (κ2) is 5.63. The smallest absolute Gasteiger partial charge is 0.146 e. The Morgan fingerprint density at radius 3 is 2.57 bits per heavy atom. The Morgan fingerprint density at radius 1 is 1.21 bits per heavy atom. The Morgan fingerprint density at radius 2 is 2.00 bits per heavy atom. The van der Waals surface area contributed by atoms with Crippen LogP contribution in [-0.4, -0.2) is 6.54 Å². The van der Waals surface area contributed by atoms with E-state index in [9.17, 15) is 4.39 Å². The van der Waals surface area contributed by atoms with Crippen LogP contribution < -0.4 is 5.32 Å². The van der Waals surface area contributed by atoms with Crippen LogP contribution in [0.1, 0.15) is 32.3 Å². The second-order valence-electron chi connectivity index (χ2n) is 3.49. The number of hydrogen-bond donors (Lipinski definition) is 1. The zero-order valence-electron chi connectivity index (χ0n) is 8.94. The fourth-order valence-electron chi connectivity index (χ4n) is 1.41. The van der Waals surface area contributed by atoms with Gasteiger partial charge in [-0.3, -0.25) is 0 Å². The molecule has 0 aromatic heterocycles. The first-order valence-corrected chi connectivity index (χ1v) is 5.30. The maximum absolute atomic E-state index is 13.4. The fourth-order valence-corrected chi connectivity index (χ4v) is 1.41. The summed E-state index contributed by atoms with van der Waals surface area (Å²) in [4.78, 5) is 0. The van der Waals surface area contributed by atoms with Crippen LogP contribution in [0.2, 0.25) is 0 Å². The van der Waals surface area contributed by atoms with Gasteiger partial charge in [-0.15, -0.1) is 0 Å². The molecule has 2 heteroatoms. The van der Waals surface area contributed by atoms with Gasteiger partial charge in [0.1, 0.15) is 5.82 Å². The first kappa shape index (κ1) is 11.0. The third kappa shape index (κ3) is 3.02. The maximum atomic E-state index is 13.4. The van der Waals surface area contributed by atoms with Crippen LogP contribution in [-0.2, 0) is 6.42 Å². The summed E-state index contributed by atoms with van der Waals surface area (Å²) >= 11 is 0. The molecule has 0 bridgehead atoms. The number of halogens is 1. The van der Waals surface area contributed by atoms with E-state index in [4.69, 9.17) is 0 Å². The predicted molar refractivity (Wildman–Crippen MR) is 59.2 cm³/mol. The SMILES string of the molecule is CCCNc1ccc(CCC)cc1F. The van der Waals surface area contributed by atoms with Gasteiger partial charge >= 0.3 is 0 Å². The highest BCUT2D eigenvalue weighted by atomic mass is 19.1. The largest absolute Gasteiger partial charge is 0.383 e. The summed E-state index contributed by atoms with van der Waals surface area (Å²) in [5.74, 6) is -0.135. The van der Waals surface area contributed by atoms with Crippen molar-refractivity contribution in [2.75, 3.05) is 11.9 Å². The van der Waals surface area contributed by atoms with Gasteiger partial charge in [-0.2, -0.15) is 0 Å². The van der Waals surface area contributed by atoms with E-state index in [1.807, 2.05) is 12.1 Å². The zero-order chi connectivity index (χ0) is 10.4. The van der Waals surface area contributed by atoms with E-state index in [1.165, 1.54) is 0 Å². The molecule has 1 nitrogen and oxygen atoms in total. The number of anilines is 1. The summed E-state index contributed by atoms with van der Waals surface area (Å²) < 4.78 is 13.4. The first-order chi connectivity index (χ1) is 6.77. The quantitative estimate of drug-likeness (QED) is 0.757. The molecule has 1 aromatic rings. The molecule has 0 atom stereocenters. The number of rotatable bonds is 5. The van der Waals surface area contributed by atoms with Crippen LogP contribution in [0.4, 0.5) is 10.1 Å². The number of aryl methyl sites for hydroxylation is 1. The van der Waals surface area contributed by atoms with Crippen LogP contribution in [0.25, 0.3) is 0 Å². The topological polar surface area (TPSA) is 12.0 Å². The molecule has 0 aliphatic heterocycles. The van der Waals surface area contributed by atoms with Gasteiger partial charge in [-0.05, 0) is 30.5 Å². The lowest BCUT2D eigenvalue weighted by Crippen LogP contribution is -2.02. The molecule has 1 N–H and O–H groups in total. The molecule has 0 saturated carbocycles. The van der Waals surface area contributed by atoms with Gasteiger partial charge in [0, 0.05) is 6.54 Å². The van der Waals surface area contributed by atoms with E-state index in [-0.39, 0.29) is 5.82 Å². The molecule has 1 aromatic carbocycles. The van der Waals surface area contributed by atoms with Crippen molar-refractivity contribution in [1.82, 2.24) is 0 Å². The van der Waals surface area contributed by atoms with Crippen molar-refractivity contribution in [3.63, 3.8) is 0 Å². The molecule has 0 radical (unpaired) electrons. The summed E-state index contributed by atoms with van der Waals surface area (Å²) in [7, 11) is 0. The second-order valence-corrected chi connectivity index (χ2v) is 3.49. The van der Waals surface area contributed by atoms with Crippen molar-refractivity contribution in [2.24, 2.45) is 0 Å². The van der Waals surface area contributed by atoms with Crippen molar-refractivity contribution in [2.45, 2.75) is 33.1 Å². The number of hydrogen-bond acceptors (Lipinski definition) is 1. The average molecular weight is 195 g/mol. The Labute approximate surface area is 85.3 Å². The van der Waals surface area contributed by atoms with Crippen LogP contribution in [0, 0.1) is 5.82 Å². The minimum atomic E-state index is -0.135. The minimum Gasteiger partial charge on any atom is -0.383 e. The van der Waals surface area contributed by atoms with Gasteiger partial charge in [0.25, 0.3) is 0 Å². The highest BCUT2D eigenvalue weighted by molar-refractivity contribution is 5.46. The van der Waals surface area contributed by atoms with E-state index in [0.29, 0.717) is 5.69 Å². The third-order valence-corrected chi connectivity index (χ3v) is 2.14. The van der Waals surface area contributed by atoms with E-state index >= 15 is 0 Å². The Bertz CT molecular complexity index is 284. The summed E-state index contributed by atoms with van der Waals surface area (Å²) in [6, 6.07) is 5.45. The molecule has 14 heavy (non-hydrogen) atoms. The van der Waals surface area contributed by atoms with Crippen molar-refractivity contribution >= 4 is 5.69 Å². The molecule has 0 amide bonds. The molecule has 78 valence electrons. The van der Waals surface area contributed by atoms with E-state index in [2.05, 4.69) is 19.2 Å². The zero-order valence-corrected chi connectivity index (χ0v) is 8.94. The lowest BCUT2D eigenvalue weighted by Gasteiger charge is -2.07. The van der Waals surface area contributed by atoms with Gasteiger partial charge in [-0.1, -0.05) is 26.3 Å². The average Bonchev–Trinajstić information content (AvgIpc) is 2.17. The highest BCUT2D eigenvalue weighted by Crippen LogP contribution is 2.16. The van der Waals surface area contributed by atoms with Gasteiger partial charge in [0.15, 0.2) is 0 Å². The van der Waals surface area contributed by atoms with Crippen LogP contribution in [0.15, 0.2) is 18.2 Å². The molecule has 0 heterocycles. The molecular formula is C12H18FN. The van der Waals surface area contributed by atoms with Gasteiger partial charge in [0.05, 0.1) is 5.69 Å². The first-order valence-electron chi connectivity index (χ1n) is 5.30. The van der Waals surface area contributed by atoms with Gasteiger partial charge < -0.3 is 5.32 Å². The number of benzene rings is 1. The molecule has 0 fully saturated rings. The normalized spacial score (nSPS) is 10.2. The molecule has 0 aliphatic rings. The van der Waals surface area contributed by atoms with Crippen LogP contribution in [0.5, 0.6) is 0 Å². The monoisotopic (exact) mass is 195 g/mol. The predicted octanol–water partition coefficient (Wildman–Crippen LogP) is 3.60. The summed E-state index contributed by atoms with van der Waals surface area (Å²) in [6.07, 6.45) is 3.02. The van der Waals surface area contributed by atoms with Crippen LogP contribution >= 0.6 is 0 Å². The number of nitrogens with one attached hydrogen (secondary N) is 1. The van der Waals surface area contributed by atoms with Gasteiger partial charge in [-0.25, -0.2) is 4.39 Å². The highest BCUT2D eigenvalue weighted by Gasteiger charge is 2.01. The van der Waals surface area contributed by atoms with Crippen molar-refractivity contribution in [3.05, 3.63) is 29.6 Å². The van der Waals surface area contributed by atoms with Crippen molar-refractivity contribution in [3.8, 4) is 0 Å². The standard InChI is InChI=1S/C12H18FN/c1-3-5-10-6-7-12(11(13)9-10)14-8-4-2/h6-7,9,14H,3-5,8H2,1-2H3. The maximum Gasteiger partial charge on any atom is 0.146 e. The molecule has 1 rings (SSSR count). The molecule has 0 unspecified atom stereocenters.